The van der Waals surface area contributed by atoms with Gasteiger partial charge in [0.15, 0.2) is 0 Å². The molecule has 3 aliphatic rings. The maximum Gasteiger partial charge on any atom is 0.417 e. The number of rotatable bonds is 5. The highest BCUT2D eigenvalue weighted by atomic mass is 32.1. The smallest absolute Gasteiger partial charge is 0.359 e. The maximum atomic E-state index is 13.6. The molecule has 2 saturated heterocycles. The van der Waals surface area contributed by atoms with Gasteiger partial charge in [-0.1, -0.05) is 6.07 Å². The van der Waals surface area contributed by atoms with Crippen LogP contribution in [0.3, 0.4) is 0 Å². The number of alkyl halides is 3. The van der Waals surface area contributed by atoms with Crippen molar-refractivity contribution in [2.24, 2.45) is 5.41 Å². The Morgan fingerprint density at radius 3 is 2.62 bits per heavy atom. The lowest BCUT2D eigenvalue weighted by molar-refractivity contribution is -0.137. The monoisotopic (exact) mass is 488 g/mol. The summed E-state index contributed by atoms with van der Waals surface area (Å²) in [5.41, 5.74) is -1.09. The highest BCUT2D eigenvalue weighted by Gasteiger charge is 2.49. The predicted molar refractivity (Wildman–Crippen MR) is 124 cm³/mol. The Morgan fingerprint density at radius 1 is 1.24 bits per heavy atom. The Labute approximate surface area is 201 Å². The van der Waals surface area contributed by atoms with E-state index in [-0.39, 0.29) is 17.4 Å². The Kier molecular flexibility index (Phi) is 6.07. The number of carbonyl (C=O) groups excluding carboxylic acids is 1. The van der Waals surface area contributed by atoms with Gasteiger partial charge in [-0.05, 0) is 80.3 Å². The fourth-order valence-electron chi connectivity index (χ4n) is 5.30. The molecular formula is C25H27F3N4OS. The summed E-state index contributed by atoms with van der Waals surface area (Å²) < 4.78 is 40.9. The van der Waals surface area contributed by atoms with Gasteiger partial charge in [0.1, 0.15) is 6.04 Å². The van der Waals surface area contributed by atoms with Gasteiger partial charge in [0.25, 0.3) is 0 Å². The van der Waals surface area contributed by atoms with Crippen LogP contribution in [0.1, 0.15) is 48.1 Å². The molecule has 1 aromatic carbocycles. The number of nitrogens with zero attached hydrogens (tertiary/aromatic N) is 3. The molecular weight excluding hydrogens is 461 g/mol. The number of likely N-dealkylation sites (tertiary alicyclic amines) is 1. The van der Waals surface area contributed by atoms with E-state index in [1.807, 2.05) is 4.90 Å². The van der Waals surface area contributed by atoms with E-state index in [0.717, 1.165) is 51.4 Å². The van der Waals surface area contributed by atoms with Gasteiger partial charge in [-0.2, -0.15) is 18.4 Å². The summed E-state index contributed by atoms with van der Waals surface area (Å²) in [6.07, 6.45) is -0.265. The van der Waals surface area contributed by atoms with E-state index < -0.39 is 23.3 Å². The van der Waals surface area contributed by atoms with E-state index in [4.69, 9.17) is 5.26 Å². The van der Waals surface area contributed by atoms with Crippen LogP contribution in [0.4, 0.5) is 18.9 Å². The molecule has 2 aliphatic heterocycles. The number of nitriles is 1. The molecule has 1 saturated carbocycles. The van der Waals surface area contributed by atoms with Crippen molar-refractivity contribution in [3.63, 3.8) is 0 Å². The molecule has 0 bridgehead atoms. The molecule has 5 rings (SSSR count). The van der Waals surface area contributed by atoms with Crippen LogP contribution in [0.25, 0.3) is 0 Å². The normalized spacial score (nSPS) is 22.6. The molecule has 1 N–H and O–H groups in total. The van der Waals surface area contributed by atoms with Gasteiger partial charge in [0.05, 0.1) is 17.2 Å². The number of hydrogen-bond donors (Lipinski definition) is 1. The topological polar surface area (TPSA) is 59.4 Å². The van der Waals surface area contributed by atoms with Gasteiger partial charge in [0, 0.05) is 29.7 Å². The first-order valence-electron chi connectivity index (χ1n) is 11.7. The van der Waals surface area contributed by atoms with Crippen LogP contribution in [0.5, 0.6) is 0 Å². The number of nitrogens with one attached hydrogen (secondary N) is 1. The summed E-state index contributed by atoms with van der Waals surface area (Å²) in [6, 6.07) is 9.33. The van der Waals surface area contributed by atoms with Crippen LogP contribution >= 0.6 is 11.3 Å². The molecule has 5 nitrogen and oxygen atoms in total. The molecule has 1 spiro atoms. The second-order valence-electron chi connectivity index (χ2n) is 9.83. The SMILES string of the molecule is N#Cc1ccc(N2CC3(CCN(Cc4cccs4)CC3)CC2C(=O)NC2CC2)cc1C(F)(F)F. The number of thiophene rings is 1. The van der Waals surface area contributed by atoms with Gasteiger partial charge in [-0.3, -0.25) is 9.69 Å². The lowest BCUT2D eigenvalue weighted by Gasteiger charge is -2.39. The summed E-state index contributed by atoms with van der Waals surface area (Å²) in [7, 11) is 0. The Bertz CT molecular complexity index is 1080. The fourth-order valence-corrected chi connectivity index (χ4v) is 6.05. The largest absolute Gasteiger partial charge is 0.417 e. The van der Waals surface area contributed by atoms with E-state index in [2.05, 4.69) is 27.7 Å². The van der Waals surface area contributed by atoms with Crippen molar-refractivity contribution in [1.82, 2.24) is 10.2 Å². The first-order valence-corrected chi connectivity index (χ1v) is 12.6. The zero-order chi connectivity index (χ0) is 23.9. The van der Waals surface area contributed by atoms with Gasteiger partial charge >= 0.3 is 6.18 Å². The fraction of sp³-hybridized carbons (Fsp3) is 0.520. The van der Waals surface area contributed by atoms with Crippen molar-refractivity contribution in [3.8, 4) is 6.07 Å². The third-order valence-electron chi connectivity index (χ3n) is 7.37. The number of hydrogen-bond acceptors (Lipinski definition) is 5. The quantitative estimate of drug-likeness (QED) is 0.658. The first-order chi connectivity index (χ1) is 16.3. The number of amides is 1. The van der Waals surface area contributed by atoms with Crippen molar-refractivity contribution in [3.05, 3.63) is 51.7 Å². The minimum Gasteiger partial charge on any atom is -0.359 e. The van der Waals surface area contributed by atoms with E-state index in [1.165, 1.54) is 10.9 Å². The van der Waals surface area contributed by atoms with E-state index in [1.54, 1.807) is 23.5 Å². The summed E-state index contributed by atoms with van der Waals surface area (Å²) in [5.74, 6) is -0.0988. The summed E-state index contributed by atoms with van der Waals surface area (Å²) in [4.78, 5) is 18.7. The summed E-state index contributed by atoms with van der Waals surface area (Å²) >= 11 is 1.74. The number of benzene rings is 1. The van der Waals surface area contributed by atoms with Gasteiger partial charge in [-0.15, -0.1) is 11.3 Å². The Hall–Kier alpha value is -2.57. The van der Waals surface area contributed by atoms with Crippen LogP contribution < -0.4 is 10.2 Å². The molecule has 1 unspecified atom stereocenters. The lowest BCUT2D eigenvalue weighted by atomic mass is 9.76. The van der Waals surface area contributed by atoms with Gasteiger partial charge < -0.3 is 10.2 Å². The molecule has 0 radical (unpaired) electrons. The van der Waals surface area contributed by atoms with E-state index >= 15 is 0 Å². The Balaban J connectivity index is 1.38. The van der Waals surface area contributed by atoms with Gasteiger partial charge in [0.2, 0.25) is 5.91 Å². The minimum absolute atomic E-state index is 0.0988. The highest BCUT2D eigenvalue weighted by Crippen LogP contribution is 2.46. The molecule has 34 heavy (non-hydrogen) atoms. The second-order valence-corrected chi connectivity index (χ2v) is 10.9. The number of carbonyl (C=O) groups is 1. The molecule has 1 aliphatic carbocycles. The third-order valence-corrected chi connectivity index (χ3v) is 8.23. The zero-order valence-electron chi connectivity index (χ0n) is 18.8. The van der Waals surface area contributed by atoms with E-state index in [9.17, 15) is 18.0 Å². The second kappa shape index (κ2) is 8.90. The molecule has 1 atom stereocenters. The zero-order valence-corrected chi connectivity index (χ0v) is 19.6. The molecule has 3 heterocycles. The average molecular weight is 489 g/mol. The standard InChI is InChI=1S/C25H27F3N4OS/c26-25(27,28)21-12-19(6-3-17(21)14-29)32-16-24(13-22(32)23(33)30-18-4-5-18)7-9-31(10-8-24)15-20-2-1-11-34-20/h1-3,6,11-12,18,22H,4-5,7-10,13,15-16H2,(H,30,33). The van der Waals surface area contributed by atoms with Crippen molar-refractivity contribution in [2.45, 2.75) is 56.9 Å². The van der Waals surface area contributed by atoms with Crippen LogP contribution in [0, 0.1) is 16.7 Å². The van der Waals surface area contributed by atoms with Crippen LogP contribution in [-0.2, 0) is 17.5 Å². The van der Waals surface area contributed by atoms with Crippen molar-refractivity contribution in [2.75, 3.05) is 24.5 Å². The van der Waals surface area contributed by atoms with Crippen LogP contribution in [0.2, 0.25) is 0 Å². The minimum atomic E-state index is -4.63. The molecule has 9 heteroatoms. The van der Waals surface area contributed by atoms with Gasteiger partial charge in [-0.25, -0.2) is 0 Å². The predicted octanol–water partition coefficient (Wildman–Crippen LogP) is 4.78. The maximum absolute atomic E-state index is 13.6. The van der Waals surface area contributed by atoms with E-state index in [0.29, 0.717) is 18.7 Å². The molecule has 1 aromatic heterocycles. The number of piperidine rings is 1. The number of anilines is 1. The summed E-state index contributed by atoms with van der Waals surface area (Å²) in [5, 5.41) is 14.3. The lowest BCUT2D eigenvalue weighted by Crippen LogP contribution is -2.44. The Morgan fingerprint density at radius 2 is 2.00 bits per heavy atom. The van der Waals surface area contributed by atoms with Crippen molar-refractivity contribution in [1.29, 1.82) is 5.26 Å². The third kappa shape index (κ3) is 4.80. The summed E-state index contributed by atoms with van der Waals surface area (Å²) in [6.45, 7) is 3.27. The van der Waals surface area contributed by atoms with Crippen molar-refractivity contribution < 1.29 is 18.0 Å². The molecule has 2 aromatic rings. The van der Waals surface area contributed by atoms with Crippen molar-refractivity contribution >= 4 is 22.9 Å². The van der Waals surface area contributed by atoms with Crippen LogP contribution in [-0.4, -0.2) is 42.5 Å². The number of halogens is 3. The molecule has 180 valence electrons. The average Bonchev–Trinajstić information content (AvgIpc) is 3.33. The molecule has 3 fully saturated rings. The highest BCUT2D eigenvalue weighted by molar-refractivity contribution is 7.09. The van der Waals surface area contributed by atoms with Crippen LogP contribution in [0.15, 0.2) is 35.7 Å². The molecule has 1 amide bonds. The first kappa shape index (κ1) is 23.2.